The number of hydrogen-bond acceptors (Lipinski definition) is 34. The summed E-state index contributed by atoms with van der Waals surface area (Å²) in [7, 11) is 0. The summed E-state index contributed by atoms with van der Waals surface area (Å²) in [6.45, 7) is -0.107. The molecule has 0 amide bonds. The molecule has 0 radical (unpaired) electrons. The summed E-state index contributed by atoms with van der Waals surface area (Å²) in [6.07, 6.45) is -42.6. The van der Waals surface area contributed by atoms with E-state index in [9.17, 15) is 48.3 Å². The summed E-state index contributed by atoms with van der Waals surface area (Å²) in [5.41, 5.74) is -1.08. The number of ether oxygens (including phenoxy) is 20. The Kier molecular flexibility index (Phi) is 31.7. The largest absolute Gasteiger partial charge is 0.463 e. The van der Waals surface area contributed by atoms with Crippen LogP contribution in [0.5, 0.6) is 0 Å². The third kappa shape index (κ3) is 24.3. The Morgan fingerprint density at radius 2 is 0.426 bits per heavy atom. The first kappa shape index (κ1) is 92.4. The smallest absolute Gasteiger partial charge is 0.338 e. The van der Waals surface area contributed by atoms with Crippen LogP contribution < -0.4 is 0 Å². The van der Waals surface area contributed by atoms with Crippen LogP contribution in [0.3, 0.4) is 0 Å². The molecule has 0 bridgehead atoms. The van der Waals surface area contributed by atoms with Gasteiger partial charge in [-0.3, -0.25) is 19.2 Å². The lowest BCUT2D eigenvalue weighted by molar-refractivity contribution is -0.368. The second-order valence-electron chi connectivity index (χ2n) is 29.3. The van der Waals surface area contributed by atoms with Crippen LogP contribution in [0.1, 0.15) is 121 Å². The van der Waals surface area contributed by atoms with E-state index in [0.717, 1.165) is 27.7 Å². The zero-order valence-electron chi connectivity index (χ0n) is 69.3. The average molecular weight is 1770 g/mol. The van der Waals surface area contributed by atoms with Crippen molar-refractivity contribution in [3.05, 3.63) is 323 Å². The van der Waals surface area contributed by atoms with Crippen LogP contribution >= 0.6 is 0 Å². The first-order valence-electron chi connectivity index (χ1n) is 40.6. The third-order valence-corrected chi connectivity index (χ3v) is 20.3. The summed E-state index contributed by atoms with van der Waals surface area (Å²) in [4.78, 5) is 187. The fourth-order valence-corrected chi connectivity index (χ4v) is 14.3. The van der Waals surface area contributed by atoms with Gasteiger partial charge in [0.1, 0.15) is 43.7 Å². The Hall–Kier alpha value is -14.2. The lowest BCUT2D eigenvalue weighted by Gasteiger charge is -2.49. The highest BCUT2D eigenvalue weighted by Gasteiger charge is 2.61. The van der Waals surface area contributed by atoms with E-state index in [2.05, 4.69) is 0 Å². The minimum Gasteiger partial charge on any atom is -0.463 e. The standard InChI is InChI=1S/C95H86O34/c1-54(96)110-50-68-71(114-55(2)97)76(115-56(3)98)80(116-57(4)99)93(118-68)113-53-70-74(129-95-82(128-91(108)66-48-30-13-31-49-66)77(124-87(104)62-40-22-9-23-41-62)73(122-85(102)60-36-18-7-19-37-60)69(120-95)51-111-83(100)58-32-14-5-15-33-58)78(125-88(105)63-42-24-10-25-43-63)81(127-90(107)65-46-28-12-29-47-65)94(119-70)112-52-67-72(121-84(101)59-34-16-6-17-35-59)75(123-86(103)61-38-20-8-21-39-61)79(92(109)117-67)126-89(106)64-44-26-11-27-45-64/h5-49,67-82,92-95,109H,50-53H2,1-4H3/t67-,68-,69-,70-,71+,72+,73-,74+,75+,76+,77+,78+,79-,80-,81-,82+,92+,93+,94-,95-/m1/s1. The molecule has 4 heterocycles. The third-order valence-electron chi connectivity index (χ3n) is 20.3. The second-order valence-corrected chi connectivity index (χ2v) is 29.3. The van der Waals surface area contributed by atoms with Gasteiger partial charge in [-0.25, -0.2) is 43.2 Å². The molecule has 0 spiro atoms. The van der Waals surface area contributed by atoms with E-state index in [1.54, 1.807) is 54.6 Å². The number of rotatable bonds is 32. The molecule has 34 nitrogen and oxygen atoms in total. The first-order valence-corrected chi connectivity index (χ1v) is 40.6. The van der Waals surface area contributed by atoms with Crippen molar-refractivity contribution in [2.24, 2.45) is 0 Å². The molecule has 1 N–H and O–H groups in total. The molecule has 4 fully saturated rings. The van der Waals surface area contributed by atoms with Gasteiger partial charge in [-0.15, -0.1) is 0 Å². The molecule has 34 heteroatoms. The molecule has 9 aromatic rings. The highest BCUT2D eigenvalue weighted by molar-refractivity contribution is 5.94. The van der Waals surface area contributed by atoms with Crippen LogP contribution in [-0.2, 0) is 114 Å². The lowest BCUT2D eigenvalue weighted by Crippen LogP contribution is -2.68. The molecule has 20 atom stereocenters. The molecule has 0 unspecified atom stereocenters. The Balaban J connectivity index is 1.01. The maximum Gasteiger partial charge on any atom is 0.338 e. The molecule has 129 heavy (non-hydrogen) atoms. The summed E-state index contributed by atoms with van der Waals surface area (Å²) in [6, 6.07) is 65.8. The zero-order chi connectivity index (χ0) is 91.0. The predicted octanol–water partition coefficient (Wildman–Crippen LogP) is 9.32. The first-order chi connectivity index (χ1) is 62.4. The van der Waals surface area contributed by atoms with Gasteiger partial charge in [0.15, 0.2) is 92.3 Å². The maximum absolute atomic E-state index is 15.6. The van der Waals surface area contributed by atoms with Crippen LogP contribution in [0.2, 0.25) is 0 Å². The van der Waals surface area contributed by atoms with E-state index in [1.807, 2.05) is 0 Å². The molecule has 4 aliphatic heterocycles. The van der Waals surface area contributed by atoms with Crippen molar-refractivity contribution in [2.75, 3.05) is 26.4 Å². The topological polar surface area (TPSA) is 427 Å². The number of carbonyl (C=O) groups is 13. The van der Waals surface area contributed by atoms with Crippen molar-refractivity contribution in [3.63, 3.8) is 0 Å². The average Bonchev–Trinajstić information content (AvgIpc) is 0.752. The summed E-state index contributed by atoms with van der Waals surface area (Å²) >= 11 is 0. The number of esters is 13. The van der Waals surface area contributed by atoms with Gasteiger partial charge in [0.25, 0.3) is 0 Å². The predicted molar refractivity (Wildman–Crippen MR) is 439 cm³/mol. The highest BCUT2D eigenvalue weighted by Crippen LogP contribution is 2.40. The number of carbonyl (C=O) groups excluding carboxylic acids is 13. The van der Waals surface area contributed by atoms with Gasteiger partial charge in [-0.2, -0.15) is 0 Å². The van der Waals surface area contributed by atoms with Crippen LogP contribution in [0.4, 0.5) is 0 Å². The Bertz CT molecular complexity index is 5330. The van der Waals surface area contributed by atoms with Gasteiger partial charge in [-0.05, 0) is 109 Å². The molecule has 9 aromatic carbocycles. The normalized spacial score (nSPS) is 25.1. The minimum absolute atomic E-state index is 0.00902. The number of aliphatic hydroxyl groups is 1. The minimum atomic E-state index is -2.43. The fourth-order valence-electron chi connectivity index (χ4n) is 14.3. The van der Waals surface area contributed by atoms with Gasteiger partial charge in [0.2, 0.25) is 0 Å². The molecule has 670 valence electrons. The van der Waals surface area contributed by atoms with Gasteiger partial charge < -0.3 is 99.8 Å². The van der Waals surface area contributed by atoms with E-state index >= 15 is 19.2 Å². The summed E-state index contributed by atoms with van der Waals surface area (Å²) < 4.78 is 127. The molecule has 13 rings (SSSR count). The number of aliphatic hydroxyl groups excluding tert-OH is 1. The Morgan fingerprint density at radius 1 is 0.217 bits per heavy atom. The van der Waals surface area contributed by atoms with E-state index in [-0.39, 0.29) is 50.1 Å². The van der Waals surface area contributed by atoms with Gasteiger partial charge in [-0.1, -0.05) is 164 Å². The van der Waals surface area contributed by atoms with Crippen molar-refractivity contribution in [2.45, 2.75) is 151 Å². The maximum atomic E-state index is 15.6. The molecule has 0 saturated carbocycles. The molecule has 0 aromatic heterocycles. The van der Waals surface area contributed by atoms with E-state index in [1.165, 1.54) is 218 Å². The second kappa shape index (κ2) is 44.3. The molecular weight excluding hydrogens is 1690 g/mol. The summed E-state index contributed by atoms with van der Waals surface area (Å²) in [5.74, 6) is -14.4. The van der Waals surface area contributed by atoms with E-state index in [0.29, 0.717) is 0 Å². The van der Waals surface area contributed by atoms with Crippen LogP contribution in [0.15, 0.2) is 273 Å². The fraction of sp³-hybridized carbons (Fsp3) is 0.295. The van der Waals surface area contributed by atoms with Crippen molar-refractivity contribution in [1.29, 1.82) is 0 Å². The Morgan fingerprint density at radius 3 is 0.744 bits per heavy atom. The van der Waals surface area contributed by atoms with Crippen molar-refractivity contribution in [1.82, 2.24) is 0 Å². The number of benzene rings is 9. The van der Waals surface area contributed by atoms with Crippen molar-refractivity contribution < 1.29 is 162 Å². The molecule has 4 saturated heterocycles. The molecule has 4 aliphatic rings. The van der Waals surface area contributed by atoms with E-state index in [4.69, 9.17) is 94.7 Å². The highest BCUT2D eigenvalue weighted by atomic mass is 16.8. The monoisotopic (exact) mass is 1770 g/mol. The van der Waals surface area contributed by atoms with Crippen LogP contribution in [0, 0.1) is 0 Å². The van der Waals surface area contributed by atoms with Gasteiger partial charge in [0.05, 0.1) is 63.3 Å². The van der Waals surface area contributed by atoms with Crippen LogP contribution in [-0.4, -0.2) is 232 Å². The zero-order valence-corrected chi connectivity index (χ0v) is 69.3. The van der Waals surface area contributed by atoms with Crippen molar-refractivity contribution in [3.8, 4) is 0 Å². The van der Waals surface area contributed by atoms with Crippen molar-refractivity contribution >= 4 is 77.6 Å². The van der Waals surface area contributed by atoms with E-state index < -0.39 is 227 Å². The molecular formula is C95H86O34. The SMILES string of the molecule is CC(=O)OC[C@H]1O[C@H](OC[C@H]2O[C@@H](OC[C@H]3O[C@H](O)[C@H](OC(=O)c4ccccc4)[C@@H](OC(=O)c4ccccc4)[C@H]3OC(=O)c3ccccc3)[C@H](OC(=O)c3ccccc3)[C@@H](OC(=O)c3ccccc3)[C@H]2O[C@H]2O[C@H](COC(=O)c3ccccc3)[C@@H](OC(=O)c3ccccc3)[C@H](OC(=O)c3ccccc3)[C@@H]2OC(=O)c2ccccc2)[C@H](OC(C)=O)[C@@H](OC(C)=O)[C@H]1OC(C)=O. The number of hydrogen-bond donors (Lipinski definition) is 1. The summed E-state index contributed by atoms with van der Waals surface area (Å²) in [5, 5.41) is 12.4. The Labute approximate surface area is 736 Å². The van der Waals surface area contributed by atoms with Crippen LogP contribution in [0.25, 0.3) is 0 Å². The van der Waals surface area contributed by atoms with Gasteiger partial charge in [0, 0.05) is 27.7 Å². The molecule has 0 aliphatic carbocycles. The van der Waals surface area contributed by atoms with Gasteiger partial charge >= 0.3 is 77.6 Å². The lowest BCUT2D eigenvalue weighted by atomic mass is 9.95. The quantitative estimate of drug-likeness (QED) is 0.0303.